The molecule has 1 aliphatic rings. The number of aliphatic imine (C=N–C) groups is 1. The molecule has 3 rings (SSSR count). The fourth-order valence-corrected chi connectivity index (χ4v) is 1.61. The third kappa shape index (κ3) is 1.57. The van der Waals surface area contributed by atoms with Crippen molar-refractivity contribution in [1.82, 2.24) is 15.3 Å². The lowest BCUT2D eigenvalue weighted by atomic mass is 10.3. The standard InChI is InChI=1S/C10H11N5/c1-2-4-8-7(3-1)13-10(14-8)15-9-11-5-6-12-9/h1-5,9,12H,6H2,(H2,13,14,15). The highest BCUT2D eigenvalue weighted by atomic mass is 15.3. The predicted octanol–water partition coefficient (Wildman–Crippen LogP) is 0.932. The lowest BCUT2D eigenvalue weighted by Crippen LogP contribution is -2.30. The van der Waals surface area contributed by atoms with Crippen molar-refractivity contribution in [1.29, 1.82) is 0 Å². The number of benzene rings is 1. The molecule has 0 fully saturated rings. The lowest BCUT2D eigenvalue weighted by Gasteiger charge is -2.08. The number of nitrogens with zero attached hydrogens (tertiary/aromatic N) is 2. The van der Waals surface area contributed by atoms with Crippen LogP contribution in [0.5, 0.6) is 0 Å². The number of hydrogen-bond donors (Lipinski definition) is 3. The number of imidazole rings is 1. The van der Waals surface area contributed by atoms with Gasteiger partial charge in [0.05, 0.1) is 11.0 Å². The summed E-state index contributed by atoms with van der Waals surface area (Å²) in [6.07, 6.45) is 1.78. The summed E-state index contributed by atoms with van der Waals surface area (Å²) in [6.45, 7) is 0.803. The highest BCUT2D eigenvalue weighted by Crippen LogP contribution is 2.13. The van der Waals surface area contributed by atoms with Crippen molar-refractivity contribution in [3.05, 3.63) is 24.3 Å². The molecule has 1 atom stereocenters. The van der Waals surface area contributed by atoms with Gasteiger partial charge in [-0.1, -0.05) is 12.1 Å². The molecule has 5 nitrogen and oxygen atoms in total. The van der Waals surface area contributed by atoms with Gasteiger partial charge in [0.15, 0.2) is 6.29 Å². The van der Waals surface area contributed by atoms with Gasteiger partial charge in [0.2, 0.25) is 5.95 Å². The van der Waals surface area contributed by atoms with E-state index in [9.17, 15) is 0 Å². The predicted molar refractivity (Wildman–Crippen MR) is 60.0 cm³/mol. The first-order valence-corrected chi connectivity index (χ1v) is 4.88. The van der Waals surface area contributed by atoms with E-state index >= 15 is 0 Å². The molecule has 1 unspecified atom stereocenters. The number of hydrogen-bond acceptors (Lipinski definition) is 4. The second-order valence-electron chi connectivity index (χ2n) is 3.39. The number of rotatable bonds is 2. The van der Waals surface area contributed by atoms with Gasteiger partial charge in [-0.2, -0.15) is 0 Å². The zero-order valence-corrected chi connectivity index (χ0v) is 8.07. The van der Waals surface area contributed by atoms with E-state index in [2.05, 4.69) is 25.6 Å². The van der Waals surface area contributed by atoms with Crippen molar-refractivity contribution in [3.63, 3.8) is 0 Å². The Morgan fingerprint density at radius 2 is 2.27 bits per heavy atom. The van der Waals surface area contributed by atoms with Crippen LogP contribution in [0, 0.1) is 0 Å². The quantitative estimate of drug-likeness (QED) is 0.677. The molecule has 1 aromatic heterocycles. The molecule has 1 aliphatic heterocycles. The van der Waals surface area contributed by atoms with Crippen LogP contribution in [0.2, 0.25) is 0 Å². The van der Waals surface area contributed by atoms with E-state index < -0.39 is 0 Å². The molecule has 0 spiro atoms. The third-order valence-corrected chi connectivity index (χ3v) is 2.32. The molecular weight excluding hydrogens is 190 g/mol. The summed E-state index contributed by atoms with van der Waals surface area (Å²) in [6, 6.07) is 7.93. The van der Waals surface area contributed by atoms with Crippen LogP contribution in [0.3, 0.4) is 0 Å². The van der Waals surface area contributed by atoms with E-state index in [0.717, 1.165) is 23.5 Å². The molecule has 76 valence electrons. The minimum absolute atomic E-state index is 0.0643. The minimum atomic E-state index is -0.0643. The van der Waals surface area contributed by atoms with Crippen LogP contribution >= 0.6 is 0 Å². The largest absolute Gasteiger partial charge is 0.324 e. The Morgan fingerprint density at radius 3 is 3.07 bits per heavy atom. The molecule has 0 saturated heterocycles. The van der Waals surface area contributed by atoms with Crippen molar-refractivity contribution in [3.8, 4) is 0 Å². The highest BCUT2D eigenvalue weighted by Gasteiger charge is 2.10. The second kappa shape index (κ2) is 3.36. The van der Waals surface area contributed by atoms with Crippen molar-refractivity contribution in [2.45, 2.75) is 6.29 Å². The van der Waals surface area contributed by atoms with Crippen LogP contribution in [0.1, 0.15) is 0 Å². The first-order chi connectivity index (χ1) is 7.42. The lowest BCUT2D eigenvalue weighted by molar-refractivity contribution is 0.668. The average Bonchev–Trinajstić information content (AvgIpc) is 2.86. The Hall–Kier alpha value is -1.88. The summed E-state index contributed by atoms with van der Waals surface area (Å²) < 4.78 is 0. The van der Waals surface area contributed by atoms with Crippen LogP contribution in [0.15, 0.2) is 29.3 Å². The minimum Gasteiger partial charge on any atom is -0.324 e. The van der Waals surface area contributed by atoms with Crippen LogP contribution in [0.25, 0.3) is 11.0 Å². The Labute approximate surface area is 86.6 Å². The summed E-state index contributed by atoms with van der Waals surface area (Å²) >= 11 is 0. The molecular formula is C10H11N5. The van der Waals surface area contributed by atoms with Gasteiger partial charge in [0.25, 0.3) is 0 Å². The van der Waals surface area contributed by atoms with E-state index in [1.807, 2.05) is 30.5 Å². The topological polar surface area (TPSA) is 65.1 Å². The summed E-state index contributed by atoms with van der Waals surface area (Å²) in [5, 5.41) is 6.31. The molecule has 15 heavy (non-hydrogen) atoms. The third-order valence-electron chi connectivity index (χ3n) is 2.32. The zero-order valence-electron chi connectivity index (χ0n) is 8.07. The van der Waals surface area contributed by atoms with Crippen LogP contribution in [0.4, 0.5) is 5.95 Å². The van der Waals surface area contributed by atoms with Crippen LogP contribution < -0.4 is 10.6 Å². The molecule has 2 aromatic rings. The molecule has 0 saturated carbocycles. The van der Waals surface area contributed by atoms with Gasteiger partial charge in [0.1, 0.15) is 0 Å². The molecule has 0 aliphatic carbocycles. The van der Waals surface area contributed by atoms with Gasteiger partial charge in [-0.15, -0.1) is 0 Å². The zero-order chi connectivity index (χ0) is 10.1. The summed E-state index contributed by atoms with van der Waals surface area (Å²) in [7, 11) is 0. The number of para-hydroxylation sites is 2. The second-order valence-corrected chi connectivity index (χ2v) is 3.39. The Balaban J connectivity index is 1.88. The van der Waals surface area contributed by atoms with Crippen LogP contribution in [-0.4, -0.2) is 29.0 Å². The Bertz CT molecular complexity index is 468. The maximum atomic E-state index is 4.40. The molecule has 2 heterocycles. The normalized spacial score (nSPS) is 19.9. The smallest absolute Gasteiger partial charge is 0.203 e. The van der Waals surface area contributed by atoms with Gasteiger partial charge >= 0.3 is 0 Å². The number of anilines is 1. The van der Waals surface area contributed by atoms with Gasteiger partial charge in [-0.05, 0) is 12.1 Å². The first kappa shape index (κ1) is 8.43. The molecule has 0 amide bonds. The Morgan fingerprint density at radius 1 is 1.33 bits per heavy atom. The van der Waals surface area contributed by atoms with E-state index in [0.29, 0.717) is 0 Å². The number of nitrogens with one attached hydrogen (secondary N) is 3. The Kier molecular flexibility index (Phi) is 1.89. The number of fused-ring (bicyclic) bond motifs is 1. The van der Waals surface area contributed by atoms with Crippen molar-refractivity contribution < 1.29 is 0 Å². The monoisotopic (exact) mass is 201 g/mol. The van der Waals surface area contributed by atoms with Crippen molar-refractivity contribution >= 4 is 23.2 Å². The number of aromatic amines is 1. The van der Waals surface area contributed by atoms with Crippen molar-refractivity contribution in [2.75, 3.05) is 11.9 Å². The maximum Gasteiger partial charge on any atom is 0.203 e. The molecule has 1 aromatic carbocycles. The van der Waals surface area contributed by atoms with Gasteiger partial charge in [-0.3, -0.25) is 10.3 Å². The highest BCUT2D eigenvalue weighted by molar-refractivity contribution is 5.77. The number of aromatic nitrogens is 2. The molecule has 5 heteroatoms. The van der Waals surface area contributed by atoms with Gasteiger partial charge < -0.3 is 10.3 Å². The number of H-pyrrole nitrogens is 1. The average molecular weight is 201 g/mol. The van der Waals surface area contributed by atoms with Crippen molar-refractivity contribution in [2.24, 2.45) is 4.99 Å². The summed E-state index contributed by atoms with van der Waals surface area (Å²) in [5.74, 6) is 0.743. The van der Waals surface area contributed by atoms with Crippen LogP contribution in [-0.2, 0) is 0 Å². The fraction of sp³-hybridized carbons (Fsp3) is 0.200. The SMILES string of the molecule is C1=NC(Nc2nc3ccccc3[nH]2)NC1. The van der Waals surface area contributed by atoms with E-state index in [1.165, 1.54) is 0 Å². The molecule has 0 radical (unpaired) electrons. The van der Waals surface area contributed by atoms with E-state index in [-0.39, 0.29) is 6.29 Å². The van der Waals surface area contributed by atoms with E-state index in [1.54, 1.807) is 0 Å². The van der Waals surface area contributed by atoms with Gasteiger partial charge in [-0.25, -0.2) is 4.98 Å². The summed E-state index contributed by atoms with van der Waals surface area (Å²) in [4.78, 5) is 11.8. The first-order valence-electron chi connectivity index (χ1n) is 4.88. The van der Waals surface area contributed by atoms with E-state index in [4.69, 9.17) is 0 Å². The fourth-order valence-electron chi connectivity index (χ4n) is 1.61. The molecule has 0 bridgehead atoms. The molecule has 3 N–H and O–H groups in total. The van der Waals surface area contributed by atoms with Gasteiger partial charge in [0, 0.05) is 12.8 Å². The summed E-state index contributed by atoms with van der Waals surface area (Å²) in [5.41, 5.74) is 1.99. The maximum absolute atomic E-state index is 4.40.